The van der Waals surface area contributed by atoms with E-state index in [1.165, 1.54) is 13.2 Å². The van der Waals surface area contributed by atoms with Crippen LogP contribution < -0.4 is 0 Å². The standard InChI is InChI=1S/C10H7BrClN3O2/c1-17-10(16)9(14-15-13)4-6-2-3-7(12)5-8(6)11/h2-5H,1H3/b9-4-. The zero-order valence-corrected chi connectivity index (χ0v) is 11.1. The number of hydrogen-bond acceptors (Lipinski definition) is 3. The van der Waals surface area contributed by atoms with Crippen molar-refractivity contribution in [3.05, 3.63) is 49.4 Å². The fourth-order valence-electron chi connectivity index (χ4n) is 1.05. The first-order valence-electron chi connectivity index (χ1n) is 4.38. The largest absolute Gasteiger partial charge is 0.466 e. The van der Waals surface area contributed by atoms with Crippen LogP contribution in [0.3, 0.4) is 0 Å². The molecule has 0 spiro atoms. The molecule has 0 N–H and O–H groups in total. The molecule has 0 heterocycles. The van der Waals surface area contributed by atoms with Crippen LogP contribution in [-0.4, -0.2) is 13.1 Å². The highest BCUT2D eigenvalue weighted by molar-refractivity contribution is 9.10. The molecule has 0 aliphatic heterocycles. The highest BCUT2D eigenvalue weighted by atomic mass is 79.9. The monoisotopic (exact) mass is 315 g/mol. The lowest BCUT2D eigenvalue weighted by atomic mass is 10.2. The summed E-state index contributed by atoms with van der Waals surface area (Å²) in [6, 6.07) is 5.00. The quantitative estimate of drug-likeness (QED) is 0.278. The summed E-state index contributed by atoms with van der Waals surface area (Å²) < 4.78 is 5.17. The number of carbonyl (C=O) groups is 1. The first-order valence-corrected chi connectivity index (χ1v) is 5.55. The van der Waals surface area contributed by atoms with Crippen molar-refractivity contribution in [1.82, 2.24) is 0 Å². The minimum absolute atomic E-state index is 0.127. The lowest BCUT2D eigenvalue weighted by molar-refractivity contribution is -0.136. The number of halogens is 2. The molecule has 0 fully saturated rings. The fourth-order valence-corrected chi connectivity index (χ4v) is 1.84. The van der Waals surface area contributed by atoms with Crippen molar-refractivity contribution < 1.29 is 9.53 Å². The molecule has 0 aliphatic rings. The normalized spacial score (nSPS) is 10.6. The number of hydrogen-bond donors (Lipinski definition) is 0. The smallest absolute Gasteiger partial charge is 0.340 e. The second kappa shape index (κ2) is 6.30. The Morgan fingerprint density at radius 1 is 1.65 bits per heavy atom. The number of ether oxygens (including phenoxy) is 1. The van der Waals surface area contributed by atoms with E-state index in [4.69, 9.17) is 17.1 Å². The highest BCUT2D eigenvalue weighted by Gasteiger charge is 2.08. The molecule has 0 saturated carbocycles. The van der Waals surface area contributed by atoms with Crippen LogP contribution in [0, 0.1) is 0 Å². The molecule has 0 atom stereocenters. The number of rotatable bonds is 3. The molecule has 7 heteroatoms. The summed E-state index contributed by atoms with van der Waals surface area (Å²) in [5.74, 6) is -0.704. The third kappa shape index (κ3) is 3.78. The SMILES string of the molecule is COC(=O)/C(=C/c1ccc(Cl)cc1Br)N=[N+]=[N-]. The van der Waals surface area contributed by atoms with Gasteiger partial charge in [0.15, 0.2) is 0 Å². The lowest BCUT2D eigenvalue weighted by Gasteiger charge is -2.01. The van der Waals surface area contributed by atoms with Crippen molar-refractivity contribution in [3.8, 4) is 0 Å². The summed E-state index contributed by atoms with van der Waals surface area (Å²) in [6.45, 7) is 0. The van der Waals surface area contributed by atoms with Gasteiger partial charge in [-0.25, -0.2) is 4.79 Å². The van der Waals surface area contributed by atoms with Crippen molar-refractivity contribution in [2.45, 2.75) is 0 Å². The van der Waals surface area contributed by atoms with Crippen molar-refractivity contribution in [3.63, 3.8) is 0 Å². The van der Waals surface area contributed by atoms with E-state index in [9.17, 15) is 4.79 Å². The second-order valence-corrected chi connectivity index (χ2v) is 4.17. The number of methoxy groups -OCH3 is 1. The third-order valence-electron chi connectivity index (χ3n) is 1.80. The maximum Gasteiger partial charge on any atom is 0.340 e. The zero-order chi connectivity index (χ0) is 12.8. The number of esters is 1. The van der Waals surface area contributed by atoms with E-state index < -0.39 is 5.97 Å². The number of nitrogens with zero attached hydrogens (tertiary/aromatic N) is 3. The average molecular weight is 317 g/mol. The maximum absolute atomic E-state index is 11.3. The number of carbonyl (C=O) groups excluding carboxylic acids is 1. The molecule has 88 valence electrons. The van der Waals surface area contributed by atoms with Crippen molar-refractivity contribution in [2.75, 3.05) is 7.11 Å². The van der Waals surface area contributed by atoms with Gasteiger partial charge in [0.1, 0.15) is 5.70 Å². The second-order valence-electron chi connectivity index (χ2n) is 2.88. The first-order chi connectivity index (χ1) is 8.08. The van der Waals surface area contributed by atoms with Crippen LogP contribution in [0.25, 0.3) is 16.5 Å². The Balaban J connectivity index is 3.21. The lowest BCUT2D eigenvalue weighted by Crippen LogP contribution is -2.01. The van der Waals surface area contributed by atoms with Gasteiger partial charge in [0.25, 0.3) is 0 Å². The Labute approximate surface area is 111 Å². The predicted molar refractivity (Wildman–Crippen MR) is 68.3 cm³/mol. The summed E-state index contributed by atoms with van der Waals surface area (Å²) in [4.78, 5) is 13.9. The minimum Gasteiger partial charge on any atom is -0.466 e. The van der Waals surface area contributed by atoms with Gasteiger partial charge in [-0.2, -0.15) is 0 Å². The summed E-state index contributed by atoms with van der Waals surface area (Å²) >= 11 is 9.06. The van der Waals surface area contributed by atoms with Gasteiger partial charge in [-0.1, -0.05) is 38.7 Å². The zero-order valence-electron chi connectivity index (χ0n) is 8.72. The molecule has 0 bridgehead atoms. The van der Waals surface area contributed by atoms with Gasteiger partial charge in [-0.05, 0) is 29.3 Å². The molecule has 1 rings (SSSR count). The molecule has 5 nitrogen and oxygen atoms in total. The van der Waals surface area contributed by atoms with Gasteiger partial charge in [-0.15, -0.1) is 0 Å². The van der Waals surface area contributed by atoms with E-state index in [0.29, 0.717) is 15.1 Å². The van der Waals surface area contributed by atoms with E-state index in [0.717, 1.165) is 0 Å². The van der Waals surface area contributed by atoms with E-state index >= 15 is 0 Å². The molecule has 1 aromatic rings. The molecular formula is C10H7BrClN3O2. The highest BCUT2D eigenvalue weighted by Crippen LogP contribution is 2.24. The minimum atomic E-state index is -0.704. The van der Waals surface area contributed by atoms with Gasteiger partial charge in [-0.3, -0.25) is 0 Å². The predicted octanol–water partition coefficient (Wildman–Crippen LogP) is 3.93. The number of azide groups is 1. The molecule has 1 aromatic carbocycles. The van der Waals surface area contributed by atoms with E-state index in [-0.39, 0.29) is 5.70 Å². The Morgan fingerprint density at radius 2 is 2.35 bits per heavy atom. The van der Waals surface area contributed by atoms with Crippen LogP contribution in [0.15, 0.2) is 33.5 Å². The maximum atomic E-state index is 11.3. The third-order valence-corrected chi connectivity index (χ3v) is 2.72. The summed E-state index contributed by atoms with van der Waals surface area (Å²) in [7, 11) is 1.21. The van der Waals surface area contributed by atoms with Gasteiger partial charge in [0, 0.05) is 14.4 Å². The van der Waals surface area contributed by atoms with Crippen molar-refractivity contribution >= 4 is 39.6 Å². The molecule has 0 amide bonds. The topological polar surface area (TPSA) is 75.1 Å². The molecule has 0 unspecified atom stereocenters. The molecule has 17 heavy (non-hydrogen) atoms. The Morgan fingerprint density at radius 3 is 2.88 bits per heavy atom. The van der Waals surface area contributed by atoms with Crippen LogP contribution in [-0.2, 0) is 9.53 Å². The van der Waals surface area contributed by atoms with Crippen LogP contribution in [0.2, 0.25) is 5.02 Å². The van der Waals surface area contributed by atoms with Gasteiger partial charge < -0.3 is 4.74 Å². The Hall–Kier alpha value is -1.49. The van der Waals surface area contributed by atoms with Gasteiger partial charge >= 0.3 is 5.97 Å². The molecule has 0 aliphatic carbocycles. The van der Waals surface area contributed by atoms with Gasteiger partial charge in [0.05, 0.1) is 7.11 Å². The summed E-state index contributed by atoms with van der Waals surface area (Å²) in [5.41, 5.74) is 8.88. The first kappa shape index (κ1) is 13.6. The molecular weight excluding hydrogens is 309 g/mol. The van der Waals surface area contributed by atoms with Crippen LogP contribution >= 0.6 is 27.5 Å². The average Bonchev–Trinajstić information content (AvgIpc) is 2.30. The van der Waals surface area contributed by atoms with Crippen LogP contribution in [0.4, 0.5) is 0 Å². The van der Waals surface area contributed by atoms with E-state index in [1.807, 2.05) is 0 Å². The van der Waals surface area contributed by atoms with Crippen molar-refractivity contribution in [1.29, 1.82) is 0 Å². The Bertz CT molecular complexity index is 524. The fraction of sp³-hybridized carbons (Fsp3) is 0.100. The molecule has 0 radical (unpaired) electrons. The molecule has 0 aromatic heterocycles. The van der Waals surface area contributed by atoms with E-state index in [1.54, 1.807) is 18.2 Å². The van der Waals surface area contributed by atoms with Crippen LogP contribution in [0.5, 0.6) is 0 Å². The van der Waals surface area contributed by atoms with Crippen molar-refractivity contribution in [2.24, 2.45) is 5.11 Å². The van der Waals surface area contributed by atoms with E-state index in [2.05, 4.69) is 30.7 Å². The van der Waals surface area contributed by atoms with Gasteiger partial charge in [0.2, 0.25) is 0 Å². The Kier molecular flexibility index (Phi) is 5.03. The number of benzene rings is 1. The van der Waals surface area contributed by atoms with Crippen LogP contribution in [0.1, 0.15) is 5.56 Å². The molecule has 0 saturated heterocycles. The summed E-state index contributed by atoms with van der Waals surface area (Å²) in [6.07, 6.45) is 1.41. The summed E-state index contributed by atoms with van der Waals surface area (Å²) in [5, 5.41) is 3.82.